The predicted octanol–water partition coefficient (Wildman–Crippen LogP) is 8.59. The van der Waals surface area contributed by atoms with E-state index in [-0.39, 0.29) is 35.5 Å². The van der Waals surface area contributed by atoms with E-state index in [1.165, 1.54) is 36.8 Å². The number of hydrogen-bond donors (Lipinski definition) is 0. The lowest BCUT2D eigenvalue weighted by molar-refractivity contribution is -0.274. The molecule has 3 aromatic carbocycles. The molecule has 0 aromatic heterocycles. The minimum Gasteiger partial charge on any atom is -0.462 e. The Kier molecular flexibility index (Phi) is 8.42. The fourth-order valence-corrected chi connectivity index (χ4v) is 5.78. The maximum absolute atomic E-state index is 14.7. The summed E-state index contributed by atoms with van der Waals surface area (Å²) in [6.45, 7) is 1.90. The summed E-state index contributed by atoms with van der Waals surface area (Å²) in [4.78, 5) is 18.1. The molecule has 0 spiro atoms. The average molecular weight is 572 g/mol. The van der Waals surface area contributed by atoms with Gasteiger partial charge < -0.3 is 9.47 Å². The van der Waals surface area contributed by atoms with Gasteiger partial charge in [0.05, 0.1) is 17.5 Å². The second-order valence-corrected chi connectivity index (χ2v) is 10.7. The Hall–Kier alpha value is -3.75. The monoisotopic (exact) mass is 571 g/mol. The van der Waals surface area contributed by atoms with E-state index in [1.807, 2.05) is 6.92 Å². The van der Waals surface area contributed by atoms with Crippen LogP contribution in [0.25, 0.3) is 11.1 Å². The molecule has 9 heteroatoms. The Labute approximate surface area is 235 Å². The Bertz CT molecular complexity index is 1380. The molecule has 0 N–H and O–H groups in total. The molecule has 1 fully saturated rings. The van der Waals surface area contributed by atoms with Crippen molar-refractivity contribution < 1.29 is 36.2 Å². The number of benzene rings is 3. The van der Waals surface area contributed by atoms with Gasteiger partial charge in [0.25, 0.3) is 0 Å². The van der Waals surface area contributed by atoms with Gasteiger partial charge in [-0.25, -0.2) is 8.78 Å². The molecule has 5 rings (SSSR count). The number of rotatable bonds is 7. The number of hydrogen-bond acceptors (Lipinski definition) is 4. The normalized spacial score (nSPS) is 20.4. The minimum absolute atomic E-state index is 0.0289. The molecule has 3 aromatic rings. The van der Waals surface area contributed by atoms with Gasteiger partial charge in [0.1, 0.15) is 23.5 Å². The third kappa shape index (κ3) is 6.77. The van der Waals surface area contributed by atoms with Crippen LogP contribution >= 0.6 is 0 Å². The zero-order valence-corrected chi connectivity index (χ0v) is 22.5. The van der Waals surface area contributed by atoms with Crippen molar-refractivity contribution in [3.05, 3.63) is 89.5 Å². The standard InChI is InChI=1S/C32H30F5NO3/c1-19(20-6-3-2-4-7-20)40-31(39)25-18-28(29-26(33)8-5-9-27(29)34)38-30(25)23-12-10-21(11-13-23)22-14-16-24(17-15-22)41-32(35,36)37/h5,8-17,19-20,25,30H,2-4,6-7,18H2,1H3. The lowest BCUT2D eigenvalue weighted by Crippen LogP contribution is -2.30. The summed E-state index contributed by atoms with van der Waals surface area (Å²) in [5.74, 6) is -2.76. The highest BCUT2D eigenvalue weighted by molar-refractivity contribution is 6.04. The van der Waals surface area contributed by atoms with Crippen LogP contribution in [0.4, 0.5) is 22.0 Å². The molecule has 3 atom stereocenters. The zero-order chi connectivity index (χ0) is 29.1. The maximum Gasteiger partial charge on any atom is 0.573 e. The van der Waals surface area contributed by atoms with Crippen molar-refractivity contribution in [3.63, 3.8) is 0 Å². The summed E-state index contributed by atoms with van der Waals surface area (Å²) in [6, 6.07) is 15.4. The average Bonchev–Trinajstić information content (AvgIpc) is 3.38. The van der Waals surface area contributed by atoms with Gasteiger partial charge in [-0.1, -0.05) is 61.7 Å². The largest absolute Gasteiger partial charge is 0.573 e. The fourth-order valence-electron chi connectivity index (χ4n) is 5.78. The summed E-state index contributed by atoms with van der Waals surface area (Å²) in [5, 5.41) is 0. The molecular weight excluding hydrogens is 541 g/mol. The van der Waals surface area contributed by atoms with Gasteiger partial charge in [-0.2, -0.15) is 0 Å². The number of carbonyl (C=O) groups excluding carboxylic acids is 1. The van der Waals surface area contributed by atoms with Gasteiger partial charge in [0.2, 0.25) is 0 Å². The number of aliphatic imine (C=N–C) groups is 1. The van der Waals surface area contributed by atoms with E-state index in [4.69, 9.17) is 4.74 Å². The molecule has 0 saturated heterocycles. The molecule has 1 saturated carbocycles. The highest BCUT2D eigenvalue weighted by Gasteiger charge is 2.40. The van der Waals surface area contributed by atoms with Gasteiger partial charge in [-0.15, -0.1) is 13.2 Å². The Morgan fingerprint density at radius 1 is 0.878 bits per heavy atom. The highest BCUT2D eigenvalue weighted by atomic mass is 19.4. The van der Waals surface area contributed by atoms with E-state index >= 15 is 0 Å². The maximum atomic E-state index is 14.7. The first-order valence-corrected chi connectivity index (χ1v) is 13.8. The number of nitrogens with zero attached hydrogens (tertiary/aromatic N) is 1. The molecule has 2 aliphatic rings. The molecular formula is C32H30F5NO3. The van der Waals surface area contributed by atoms with Crippen molar-refractivity contribution in [1.82, 2.24) is 0 Å². The summed E-state index contributed by atoms with van der Waals surface area (Å²) >= 11 is 0. The quantitative estimate of drug-likeness (QED) is 0.211. The van der Waals surface area contributed by atoms with Crippen LogP contribution in [0.1, 0.15) is 62.6 Å². The van der Waals surface area contributed by atoms with Crippen LogP contribution < -0.4 is 4.74 Å². The van der Waals surface area contributed by atoms with Crippen molar-refractivity contribution in [2.75, 3.05) is 0 Å². The van der Waals surface area contributed by atoms with Crippen molar-refractivity contribution in [1.29, 1.82) is 0 Å². The van der Waals surface area contributed by atoms with Crippen LogP contribution in [0, 0.1) is 23.5 Å². The van der Waals surface area contributed by atoms with Gasteiger partial charge in [0, 0.05) is 12.1 Å². The van der Waals surface area contributed by atoms with Crippen LogP contribution in [0.2, 0.25) is 0 Å². The molecule has 0 amide bonds. The van der Waals surface area contributed by atoms with Crippen LogP contribution in [0.5, 0.6) is 5.75 Å². The van der Waals surface area contributed by atoms with Gasteiger partial charge in [0.15, 0.2) is 0 Å². The first-order valence-electron chi connectivity index (χ1n) is 13.8. The highest BCUT2D eigenvalue weighted by Crippen LogP contribution is 2.40. The van der Waals surface area contributed by atoms with Crippen molar-refractivity contribution in [2.24, 2.45) is 16.8 Å². The van der Waals surface area contributed by atoms with Crippen LogP contribution in [-0.2, 0) is 9.53 Å². The van der Waals surface area contributed by atoms with E-state index in [1.54, 1.807) is 24.3 Å². The van der Waals surface area contributed by atoms with E-state index in [0.29, 0.717) is 11.1 Å². The van der Waals surface area contributed by atoms with Gasteiger partial charge in [-0.05, 0) is 66.6 Å². The molecule has 0 bridgehead atoms. The van der Waals surface area contributed by atoms with E-state index in [0.717, 1.165) is 43.4 Å². The number of halogens is 5. The first kappa shape index (κ1) is 28.8. The second-order valence-electron chi connectivity index (χ2n) is 10.7. The third-order valence-corrected chi connectivity index (χ3v) is 7.93. The lowest BCUT2D eigenvalue weighted by atomic mass is 9.85. The number of carbonyl (C=O) groups is 1. The van der Waals surface area contributed by atoms with Crippen molar-refractivity contribution >= 4 is 11.7 Å². The SMILES string of the molecule is CC(OC(=O)C1CC(c2c(F)cccc2F)=NC1c1ccc(-c2ccc(OC(F)(F)F)cc2)cc1)C1CCCCC1. The zero-order valence-electron chi connectivity index (χ0n) is 22.5. The smallest absolute Gasteiger partial charge is 0.462 e. The summed E-state index contributed by atoms with van der Waals surface area (Å²) in [7, 11) is 0. The van der Waals surface area contributed by atoms with Crippen LogP contribution in [0.3, 0.4) is 0 Å². The van der Waals surface area contributed by atoms with Gasteiger partial charge in [-0.3, -0.25) is 9.79 Å². The van der Waals surface area contributed by atoms with Crippen molar-refractivity contribution in [3.8, 4) is 16.9 Å². The van der Waals surface area contributed by atoms with E-state index in [2.05, 4.69) is 9.73 Å². The molecule has 41 heavy (non-hydrogen) atoms. The molecule has 1 aliphatic heterocycles. The van der Waals surface area contributed by atoms with Crippen LogP contribution in [-0.4, -0.2) is 24.1 Å². The predicted molar refractivity (Wildman–Crippen MR) is 144 cm³/mol. The molecule has 0 radical (unpaired) electrons. The number of esters is 1. The summed E-state index contributed by atoms with van der Waals surface area (Å²) in [6.07, 6.45) is 0.345. The molecule has 1 aliphatic carbocycles. The molecule has 1 heterocycles. The fraction of sp³-hybridized carbons (Fsp3) is 0.375. The summed E-state index contributed by atoms with van der Waals surface area (Å²) in [5.41, 5.74) is 1.96. The third-order valence-electron chi connectivity index (χ3n) is 7.93. The molecule has 216 valence electrons. The van der Waals surface area contributed by atoms with Crippen molar-refractivity contribution in [2.45, 2.75) is 64.0 Å². The topological polar surface area (TPSA) is 47.9 Å². The van der Waals surface area contributed by atoms with E-state index < -0.39 is 35.9 Å². The molecule has 4 nitrogen and oxygen atoms in total. The Balaban J connectivity index is 1.40. The number of alkyl halides is 3. The summed E-state index contributed by atoms with van der Waals surface area (Å²) < 4.78 is 76.6. The second kappa shape index (κ2) is 12.0. The Morgan fingerprint density at radius 2 is 1.46 bits per heavy atom. The first-order chi connectivity index (χ1) is 19.6. The van der Waals surface area contributed by atoms with Gasteiger partial charge >= 0.3 is 12.3 Å². The van der Waals surface area contributed by atoms with E-state index in [9.17, 15) is 26.7 Å². The van der Waals surface area contributed by atoms with Crippen LogP contribution in [0.15, 0.2) is 71.7 Å². The lowest BCUT2D eigenvalue weighted by Gasteiger charge is -2.29. The minimum atomic E-state index is -4.78. The molecule has 3 unspecified atom stereocenters. The Morgan fingerprint density at radius 3 is 2.05 bits per heavy atom. The number of ether oxygens (including phenoxy) is 2.